The average Bonchev–Trinajstić information content (AvgIpc) is 2.52. The molecule has 0 saturated heterocycles. The standard InChI is InChI=1S/C8H11N3S/c1-3-7-4-5-8(12-7)6(2)10-11-9/h4-6H,3H2,1-2H3/t6-/m1/s1. The molecular weight excluding hydrogens is 170 g/mol. The molecule has 0 fully saturated rings. The Hall–Kier alpha value is -0.990. The van der Waals surface area contributed by atoms with Gasteiger partial charge >= 0.3 is 0 Å². The fourth-order valence-corrected chi connectivity index (χ4v) is 1.88. The molecule has 0 radical (unpaired) electrons. The van der Waals surface area contributed by atoms with E-state index < -0.39 is 0 Å². The SMILES string of the molecule is CCc1ccc([C@@H](C)N=[N+]=[N-])s1. The van der Waals surface area contributed by atoms with Crippen LogP contribution in [0.3, 0.4) is 0 Å². The van der Waals surface area contributed by atoms with E-state index in [9.17, 15) is 0 Å². The number of aryl methyl sites for hydroxylation is 1. The Morgan fingerprint density at radius 2 is 2.42 bits per heavy atom. The van der Waals surface area contributed by atoms with Crippen molar-refractivity contribution in [2.75, 3.05) is 0 Å². The second-order valence-corrected chi connectivity index (χ2v) is 3.74. The maximum atomic E-state index is 8.22. The summed E-state index contributed by atoms with van der Waals surface area (Å²) in [5.41, 5.74) is 8.22. The molecule has 1 rings (SSSR count). The Kier molecular flexibility index (Phi) is 3.14. The number of azide groups is 1. The van der Waals surface area contributed by atoms with Crippen molar-refractivity contribution in [3.05, 3.63) is 32.3 Å². The fraction of sp³-hybridized carbons (Fsp3) is 0.500. The van der Waals surface area contributed by atoms with Crippen molar-refractivity contribution >= 4 is 11.3 Å². The van der Waals surface area contributed by atoms with Gasteiger partial charge in [0.15, 0.2) is 0 Å². The molecule has 4 heteroatoms. The van der Waals surface area contributed by atoms with Crippen LogP contribution in [0.2, 0.25) is 0 Å². The van der Waals surface area contributed by atoms with Crippen molar-refractivity contribution < 1.29 is 0 Å². The van der Waals surface area contributed by atoms with Crippen LogP contribution in [-0.2, 0) is 6.42 Å². The lowest BCUT2D eigenvalue weighted by atomic mass is 10.3. The summed E-state index contributed by atoms with van der Waals surface area (Å²) in [5.74, 6) is 0. The summed E-state index contributed by atoms with van der Waals surface area (Å²) in [6.07, 6.45) is 1.05. The van der Waals surface area contributed by atoms with Gasteiger partial charge in [0.05, 0.1) is 6.04 Å². The third-order valence-corrected chi connectivity index (χ3v) is 3.07. The third kappa shape index (κ3) is 2.00. The molecule has 0 amide bonds. The molecule has 64 valence electrons. The predicted molar refractivity (Wildman–Crippen MR) is 51.3 cm³/mol. The molecule has 3 nitrogen and oxygen atoms in total. The van der Waals surface area contributed by atoms with Gasteiger partial charge in [-0.1, -0.05) is 19.0 Å². The predicted octanol–water partition coefficient (Wildman–Crippen LogP) is 3.68. The molecule has 1 atom stereocenters. The smallest absolute Gasteiger partial charge is 0.0690 e. The summed E-state index contributed by atoms with van der Waals surface area (Å²) in [4.78, 5) is 5.26. The van der Waals surface area contributed by atoms with E-state index in [0.717, 1.165) is 11.3 Å². The van der Waals surface area contributed by atoms with E-state index in [-0.39, 0.29) is 6.04 Å². The van der Waals surface area contributed by atoms with E-state index in [2.05, 4.69) is 23.0 Å². The molecule has 0 unspecified atom stereocenters. The molecule has 0 N–H and O–H groups in total. The van der Waals surface area contributed by atoms with Crippen LogP contribution in [0.4, 0.5) is 0 Å². The van der Waals surface area contributed by atoms with Crippen LogP contribution in [0.15, 0.2) is 17.2 Å². The first-order valence-corrected chi connectivity index (χ1v) is 4.72. The molecular formula is C8H11N3S. The largest absolute Gasteiger partial charge is 0.145 e. The lowest BCUT2D eigenvalue weighted by molar-refractivity contribution is 0.827. The van der Waals surface area contributed by atoms with Crippen molar-refractivity contribution in [3.8, 4) is 0 Å². The Balaban J connectivity index is 2.81. The fourth-order valence-electron chi connectivity index (χ4n) is 0.943. The third-order valence-electron chi connectivity index (χ3n) is 1.67. The van der Waals surface area contributed by atoms with E-state index >= 15 is 0 Å². The first-order valence-electron chi connectivity index (χ1n) is 3.90. The van der Waals surface area contributed by atoms with Gasteiger partial charge in [-0.3, -0.25) is 0 Å². The molecule has 1 aromatic heterocycles. The Bertz CT molecular complexity index is 299. The lowest BCUT2D eigenvalue weighted by Crippen LogP contribution is -1.80. The Morgan fingerprint density at radius 3 is 2.92 bits per heavy atom. The zero-order valence-corrected chi connectivity index (χ0v) is 8.01. The van der Waals surface area contributed by atoms with Crippen LogP contribution in [0.5, 0.6) is 0 Å². The molecule has 0 aliphatic carbocycles. The minimum absolute atomic E-state index is 0.0275. The topological polar surface area (TPSA) is 48.8 Å². The molecule has 1 heterocycles. The van der Waals surface area contributed by atoms with Crippen molar-refractivity contribution in [1.29, 1.82) is 0 Å². The van der Waals surface area contributed by atoms with E-state index in [4.69, 9.17) is 5.53 Å². The average molecular weight is 181 g/mol. The van der Waals surface area contributed by atoms with Gasteiger partial charge in [-0.05, 0) is 24.1 Å². The first kappa shape index (κ1) is 9.10. The maximum absolute atomic E-state index is 8.22. The van der Waals surface area contributed by atoms with Crippen molar-refractivity contribution in [2.45, 2.75) is 26.3 Å². The summed E-state index contributed by atoms with van der Waals surface area (Å²) < 4.78 is 0. The second kappa shape index (κ2) is 4.14. The normalized spacial score (nSPS) is 12.2. The number of hydrogen-bond acceptors (Lipinski definition) is 2. The molecule has 0 aliphatic heterocycles. The highest BCUT2D eigenvalue weighted by molar-refractivity contribution is 7.12. The highest BCUT2D eigenvalue weighted by Gasteiger charge is 2.04. The molecule has 0 bridgehead atoms. The minimum Gasteiger partial charge on any atom is -0.145 e. The van der Waals surface area contributed by atoms with Gasteiger partial charge in [0.2, 0.25) is 0 Å². The Labute approximate surface area is 75.7 Å². The van der Waals surface area contributed by atoms with Gasteiger partial charge in [-0.25, -0.2) is 0 Å². The van der Waals surface area contributed by atoms with Gasteiger partial charge < -0.3 is 0 Å². The monoisotopic (exact) mass is 181 g/mol. The second-order valence-electron chi connectivity index (χ2n) is 2.54. The number of nitrogens with zero attached hydrogens (tertiary/aromatic N) is 3. The number of thiophene rings is 1. The first-order chi connectivity index (χ1) is 5.77. The van der Waals surface area contributed by atoms with Gasteiger partial charge in [0.25, 0.3) is 0 Å². The molecule has 12 heavy (non-hydrogen) atoms. The van der Waals surface area contributed by atoms with E-state index in [1.807, 2.05) is 13.0 Å². The van der Waals surface area contributed by atoms with Crippen LogP contribution in [0.1, 0.15) is 29.6 Å². The molecule has 1 aromatic rings. The van der Waals surface area contributed by atoms with Crippen molar-refractivity contribution in [2.24, 2.45) is 5.11 Å². The highest BCUT2D eigenvalue weighted by Crippen LogP contribution is 2.25. The van der Waals surface area contributed by atoms with Crippen LogP contribution in [0.25, 0.3) is 10.4 Å². The molecule has 0 saturated carbocycles. The summed E-state index contributed by atoms with van der Waals surface area (Å²) in [5, 5.41) is 3.63. The minimum atomic E-state index is -0.0275. The quantitative estimate of drug-likeness (QED) is 0.388. The van der Waals surface area contributed by atoms with Gasteiger partial charge in [0.1, 0.15) is 0 Å². The summed E-state index contributed by atoms with van der Waals surface area (Å²) in [7, 11) is 0. The lowest BCUT2D eigenvalue weighted by Gasteiger charge is -1.97. The van der Waals surface area contributed by atoms with Crippen molar-refractivity contribution in [3.63, 3.8) is 0 Å². The maximum Gasteiger partial charge on any atom is 0.0690 e. The Morgan fingerprint density at radius 1 is 1.67 bits per heavy atom. The molecule has 0 spiro atoms. The van der Waals surface area contributed by atoms with E-state index in [1.54, 1.807) is 11.3 Å². The van der Waals surface area contributed by atoms with Crippen LogP contribution in [0, 0.1) is 0 Å². The number of rotatable bonds is 3. The van der Waals surface area contributed by atoms with E-state index in [0.29, 0.717) is 0 Å². The van der Waals surface area contributed by atoms with Gasteiger partial charge in [-0.15, -0.1) is 11.3 Å². The zero-order valence-electron chi connectivity index (χ0n) is 7.19. The van der Waals surface area contributed by atoms with Gasteiger partial charge in [0, 0.05) is 14.7 Å². The summed E-state index contributed by atoms with van der Waals surface area (Å²) in [6, 6.07) is 4.09. The van der Waals surface area contributed by atoms with Crippen LogP contribution >= 0.6 is 11.3 Å². The summed E-state index contributed by atoms with van der Waals surface area (Å²) in [6.45, 7) is 4.03. The van der Waals surface area contributed by atoms with E-state index in [1.165, 1.54) is 4.88 Å². The number of hydrogen-bond donors (Lipinski definition) is 0. The summed E-state index contributed by atoms with van der Waals surface area (Å²) >= 11 is 1.72. The van der Waals surface area contributed by atoms with Gasteiger partial charge in [-0.2, -0.15) is 0 Å². The zero-order chi connectivity index (χ0) is 8.97. The van der Waals surface area contributed by atoms with Crippen LogP contribution < -0.4 is 0 Å². The molecule has 0 aliphatic rings. The highest BCUT2D eigenvalue weighted by atomic mass is 32.1. The molecule has 0 aromatic carbocycles. The van der Waals surface area contributed by atoms with Crippen molar-refractivity contribution in [1.82, 2.24) is 0 Å². The van der Waals surface area contributed by atoms with Crippen LogP contribution in [-0.4, -0.2) is 0 Å².